The van der Waals surface area contributed by atoms with Gasteiger partial charge in [-0.25, -0.2) is 0 Å². The van der Waals surface area contributed by atoms with E-state index in [1.54, 1.807) is 5.38 Å². The van der Waals surface area contributed by atoms with E-state index in [2.05, 4.69) is 15.7 Å². The SMILES string of the molecule is [C-]#[N+]c1csc(C(C)(O)C#C)n1. The molecule has 0 saturated heterocycles. The molecule has 1 aromatic rings. The van der Waals surface area contributed by atoms with E-state index in [1.165, 1.54) is 18.3 Å². The predicted molar refractivity (Wildman–Crippen MR) is 46.8 cm³/mol. The Morgan fingerprint density at radius 1 is 1.92 bits per heavy atom. The number of hydrogen-bond acceptors (Lipinski definition) is 3. The van der Waals surface area contributed by atoms with Crippen LogP contribution in [0.15, 0.2) is 5.38 Å². The van der Waals surface area contributed by atoms with Crippen LogP contribution >= 0.6 is 11.3 Å². The Hall–Kier alpha value is -1.36. The van der Waals surface area contributed by atoms with Crippen LogP contribution in [-0.2, 0) is 5.60 Å². The van der Waals surface area contributed by atoms with E-state index in [0.717, 1.165) is 0 Å². The minimum absolute atomic E-state index is 0.269. The number of nitrogens with zero attached hydrogens (tertiary/aromatic N) is 2. The standard InChI is InChI=1S/C8H6N2OS/c1-4-8(2,11)7-10-6(9-3)5-12-7/h1,5,11H,2H3. The number of rotatable bonds is 1. The van der Waals surface area contributed by atoms with Gasteiger partial charge in [0.15, 0.2) is 5.60 Å². The van der Waals surface area contributed by atoms with Crippen molar-refractivity contribution in [1.82, 2.24) is 4.98 Å². The number of terminal acetylenes is 1. The number of thiazole rings is 1. The first-order valence-corrected chi connectivity index (χ1v) is 4.01. The molecule has 0 aliphatic carbocycles. The summed E-state index contributed by atoms with van der Waals surface area (Å²) in [5.41, 5.74) is -1.35. The minimum Gasteiger partial charge on any atom is -0.370 e. The largest absolute Gasteiger partial charge is 0.370 e. The van der Waals surface area contributed by atoms with Crippen molar-refractivity contribution in [2.75, 3.05) is 0 Å². The lowest BCUT2D eigenvalue weighted by molar-refractivity contribution is 0.122. The van der Waals surface area contributed by atoms with Crippen molar-refractivity contribution in [3.05, 3.63) is 21.8 Å². The second-order valence-electron chi connectivity index (χ2n) is 2.34. The second kappa shape index (κ2) is 2.94. The third-order valence-electron chi connectivity index (χ3n) is 1.30. The molecule has 0 aromatic carbocycles. The molecule has 0 spiro atoms. The number of aromatic nitrogens is 1. The van der Waals surface area contributed by atoms with E-state index in [-0.39, 0.29) is 5.82 Å². The fraction of sp³-hybridized carbons (Fsp3) is 0.250. The summed E-state index contributed by atoms with van der Waals surface area (Å²) in [5, 5.41) is 11.5. The van der Waals surface area contributed by atoms with Crippen molar-refractivity contribution < 1.29 is 5.11 Å². The Bertz CT molecular complexity index is 367. The zero-order chi connectivity index (χ0) is 9.19. The summed E-state index contributed by atoms with van der Waals surface area (Å²) in [7, 11) is 0. The van der Waals surface area contributed by atoms with Crippen LogP contribution in [0.5, 0.6) is 0 Å². The maximum Gasteiger partial charge on any atom is 0.280 e. The molecule has 12 heavy (non-hydrogen) atoms. The molecule has 0 fully saturated rings. The second-order valence-corrected chi connectivity index (χ2v) is 3.20. The maximum absolute atomic E-state index is 9.51. The summed E-state index contributed by atoms with van der Waals surface area (Å²) in [4.78, 5) is 6.95. The molecular weight excluding hydrogens is 172 g/mol. The third kappa shape index (κ3) is 1.45. The highest BCUT2D eigenvalue weighted by atomic mass is 32.1. The van der Waals surface area contributed by atoms with Gasteiger partial charge in [0.25, 0.3) is 5.82 Å². The zero-order valence-electron chi connectivity index (χ0n) is 6.40. The fourth-order valence-corrected chi connectivity index (χ4v) is 1.36. The van der Waals surface area contributed by atoms with Crippen molar-refractivity contribution in [2.24, 2.45) is 0 Å². The van der Waals surface area contributed by atoms with Gasteiger partial charge in [0.05, 0.1) is 0 Å². The van der Waals surface area contributed by atoms with Gasteiger partial charge < -0.3 is 9.95 Å². The molecule has 0 radical (unpaired) electrons. The molecule has 1 atom stereocenters. The Morgan fingerprint density at radius 3 is 3.00 bits per heavy atom. The molecule has 0 aliphatic heterocycles. The Labute approximate surface area is 74.5 Å². The van der Waals surface area contributed by atoms with Gasteiger partial charge in [0, 0.05) is 5.38 Å². The quantitative estimate of drug-likeness (QED) is 0.523. The van der Waals surface area contributed by atoms with Crippen molar-refractivity contribution in [3.8, 4) is 12.3 Å². The summed E-state index contributed by atoms with van der Waals surface area (Å²) in [6.07, 6.45) is 5.08. The van der Waals surface area contributed by atoms with Crippen LogP contribution in [0.25, 0.3) is 4.85 Å². The van der Waals surface area contributed by atoms with Crippen LogP contribution in [0, 0.1) is 18.9 Å². The van der Waals surface area contributed by atoms with Crippen molar-refractivity contribution in [2.45, 2.75) is 12.5 Å². The first-order valence-electron chi connectivity index (χ1n) is 3.14. The molecular formula is C8H6N2OS. The monoisotopic (exact) mass is 178 g/mol. The summed E-state index contributed by atoms with van der Waals surface area (Å²) in [5.74, 6) is 2.46. The molecule has 60 valence electrons. The van der Waals surface area contributed by atoms with Crippen LogP contribution in [-0.4, -0.2) is 10.1 Å². The van der Waals surface area contributed by atoms with Gasteiger partial charge in [-0.1, -0.05) is 12.5 Å². The van der Waals surface area contributed by atoms with E-state index in [0.29, 0.717) is 5.01 Å². The van der Waals surface area contributed by atoms with E-state index < -0.39 is 5.60 Å². The zero-order valence-corrected chi connectivity index (χ0v) is 7.22. The Balaban J connectivity index is 3.08. The van der Waals surface area contributed by atoms with Gasteiger partial charge >= 0.3 is 0 Å². The van der Waals surface area contributed by atoms with Gasteiger partial charge in [-0.15, -0.1) is 22.7 Å². The molecule has 1 rings (SSSR count). The molecule has 1 unspecified atom stereocenters. The van der Waals surface area contributed by atoms with Crippen LogP contribution < -0.4 is 0 Å². The number of aliphatic hydroxyl groups is 1. The van der Waals surface area contributed by atoms with E-state index in [9.17, 15) is 5.11 Å². The summed E-state index contributed by atoms with van der Waals surface area (Å²) < 4.78 is 0. The molecule has 4 heteroatoms. The lowest BCUT2D eigenvalue weighted by Crippen LogP contribution is -2.17. The van der Waals surface area contributed by atoms with Gasteiger partial charge in [0.2, 0.25) is 5.01 Å². The molecule has 0 aliphatic rings. The normalized spacial score (nSPS) is 14.3. The highest BCUT2D eigenvalue weighted by molar-refractivity contribution is 7.10. The van der Waals surface area contributed by atoms with Crippen molar-refractivity contribution in [3.63, 3.8) is 0 Å². The van der Waals surface area contributed by atoms with E-state index in [4.69, 9.17) is 13.0 Å². The smallest absolute Gasteiger partial charge is 0.280 e. The highest BCUT2D eigenvalue weighted by Gasteiger charge is 2.27. The molecule has 0 bridgehead atoms. The molecule has 1 heterocycles. The summed E-state index contributed by atoms with van der Waals surface area (Å²) >= 11 is 1.19. The lowest BCUT2D eigenvalue weighted by Gasteiger charge is -2.07. The minimum atomic E-state index is -1.35. The van der Waals surface area contributed by atoms with Crippen molar-refractivity contribution >= 4 is 17.2 Å². The summed E-state index contributed by atoms with van der Waals surface area (Å²) in [6, 6.07) is 0. The molecule has 1 aromatic heterocycles. The predicted octanol–water partition coefficient (Wildman–Crippen LogP) is 1.53. The van der Waals surface area contributed by atoms with Crippen LogP contribution in [0.1, 0.15) is 11.9 Å². The first-order chi connectivity index (χ1) is 5.60. The van der Waals surface area contributed by atoms with E-state index in [1.807, 2.05) is 0 Å². The highest BCUT2D eigenvalue weighted by Crippen LogP contribution is 2.26. The van der Waals surface area contributed by atoms with Gasteiger partial charge in [-0.2, -0.15) is 0 Å². The number of hydrogen-bond donors (Lipinski definition) is 1. The lowest BCUT2D eigenvalue weighted by atomic mass is 10.1. The first kappa shape index (κ1) is 8.73. The van der Waals surface area contributed by atoms with Crippen LogP contribution in [0.4, 0.5) is 5.82 Å². The van der Waals surface area contributed by atoms with Gasteiger partial charge in [0.1, 0.15) is 0 Å². The maximum atomic E-state index is 9.51. The average Bonchev–Trinajstić information content (AvgIpc) is 2.52. The Kier molecular flexibility index (Phi) is 2.14. The van der Waals surface area contributed by atoms with Gasteiger partial charge in [-0.05, 0) is 6.92 Å². The fourth-order valence-electron chi connectivity index (χ4n) is 0.602. The van der Waals surface area contributed by atoms with E-state index >= 15 is 0 Å². The molecule has 0 saturated carbocycles. The third-order valence-corrected chi connectivity index (χ3v) is 2.34. The molecule has 0 amide bonds. The Morgan fingerprint density at radius 2 is 2.58 bits per heavy atom. The topological polar surface area (TPSA) is 37.5 Å². The van der Waals surface area contributed by atoms with Crippen LogP contribution in [0.3, 0.4) is 0 Å². The molecule has 1 N–H and O–H groups in total. The summed E-state index contributed by atoms with van der Waals surface area (Å²) in [6.45, 7) is 8.13. The molecule has 3 nitrogen and oxygen atoms in total. The average molecular weight is 178 g/mol. The van der Waals surface area contributed by atoms with Crippen LogP contribution in [0.2, 0.25) is 0 Å². The van der Waals surface area contributed by atoms with Crippen molar-refractivity contribution in [1.29, 1.82) is 0 Å². The van der Waals surface area contributed by atoms with Gasteiger partial charge in [-0.3, -0.25) is 0 Å².